The van der Waals surface area contributed by atoms with E-state index < -0.39 is 10.8 Å². The Bertz CT molecular complexity index is 929. The summed E-state index contributed by atoms with van der Waals surface area (Å²) < 4.78 is 12.6. The van der Waals surface area contributed by atoms with Crippen LogP contribution in [0.5, 0.6) is 0 Å². The number of aromatic amines is 1. The minimum absolute atomic E-state index is 0.405. The monoisotopic (exact) mass is 364 g/mol. The van der Waals surface area contributed by atoms with Crippen LogP contribution in [0.3, 0.4) is 0 Å². The highest BCUT2D eigenvalue weighted by atomic mass is 32.2. The van der Waals surface area contributed by atoms with E-state index in [1.54, 1.807) is 0 Å². The number of para-hydroxylation sites is 1. The molecule has 0 aliphatic carbocycles. The third-order valence-electron chi connectivity index (χ3n) is 5.05. The van der Waals surface area contributed by atoms with Crippen LogP contribution in [0.15, 0.2) is 66.9 Å². The molecule has 2 aromatic carbocycles. The van der Waals surface area contributed by atoms with Crippen LogP contribution in [-0.2, 0) is 16.6 Å². The first-order chi connectivity index (χ1) is 12.8. The lowest BCUT2D eigenvalue weighted by molar-refractivity contribution is 0.522. The Morgan fingerprint density at radius 1 is 1.04 bits per heavy atom. The van der Waals surface area contributed by atoms with Crippen molar-refractivity contribution < 1.29 is 4.21 Å². The lowest BCUT2D eigenvalue weighted by atomic mass is 9.94. The van der Waals surface area contributed by atoms with Crippen molar-refractivity contribution in [3.8, 4) is 0 Å². The van der Waals surface area contributed by atoms with Gasteiger partial charge in [-0.25, -0.2) is 0 Å². The summed E-state index contributed by atoms with van der Waals surface area (Å²) >= 11 is 0. The molecule has 0 bridgehead atoms. The van der Waals surface area contributed by atoms with Crippen LogP contribution in [0.1, 0.15) is 24.0 Å². The van der Waals surface area contributed by atoms with Crippen LogP contribution in [0.2, 0.25) is 0 Å². The van der Waals surface area contributed by atoms with Gasteiger partial charge in [0.25, 0.3) is 0 Å². The van der Waals surface area contributed by atoms with Gasteiger partial charge in [0.05, 0.1) is 5.75 Å². The fourth-order valence-corrected chi connectivity index (χ4v) is 4.91. The normalized spacial score (nSPS) is 18.6. The number of aromatic nitrogens is 1. The molecular weight excluding hydrogens is 340 g/mol. The second kappa shape index (κ2) is 8.02. The zero-order valence-corrected chi connectivity index (χ0v) is 15.6. The maximum atomic E-state index is 12.6. The Labute approximate surface area is 157 Å². The van der Waals surface area contributed by atoms with Gasteiger partial charge in [-0.1, -0.05) is 54.6 Å². The Morgan fingerprint density at radius 2 is 1.85 bits per heavy atom. The maximum Gasteiger partial charge on any atom is 0.0506 e. The average Bonchev–Trinajstić information content (AvgIpc) is 3.10. The summed E-state index contributed by atoms with van der Waals surface area (Å²) in [6.45, 7) is 0.893. The SMILES string of the molecule is O=S(CCC1CC(c2ccccc2)=CCN1)Cc1c[nH]c2ccccc12. The summed E-state index contributed by atoms with van der Waals surface area (Å²) in [5, 5.41) is 4.73. The highest BCUT2D eigenvalue weighted by molar-refractivity contribution is 7.84. The molecule has 0 saturated heterocycles. The highest BCUT2D eigenvalue weighted by Crippen LogP contribution is 2.24. The molecule has 2 atom stereocenters. The lowest BCUT2D eigenvalue weighted by Crippen LogP contribution is -2.34. The van der Waals surface area contributed by atoms with Crippen molar-refractivity contribution in [2.45, 2.75) is 24.6 Å². The van der Waals surface area contributed by atoms with E-state index in [0.29, 0.717) is 11.8 Å². The second-order valence-corrected chi connectivity index (χ2v) is 8.42. The first-order valence-corrected chi connectivity index (χ1v) is 10.7. The van der Waals surface area contributed by atoms with Crippen molar-refractivity contribution in [3.05, 3.63) is 78.0 Å². The Kier molecular flexibility index (Phi) is 5.32. The van der Waals surface area contributed by atoms with E-state index in [2.05, 4.69) is 58.8 Å². The summed E-state index contributed by atoms with van der Waals surface area (Å²) in [6.07, 6.45) is 6.22. The Balaban J connectivity index is 1.33. The van der Waals surface area contributed by atoms with Crippen molar-refractivity contribution in [2.24, 2.45) is 0 Å². The van der Waals surface area contributed by atoms with Gasteiger partial charge in [-0.2, -0.15) is 0 Å². The molecule has 4 heteroatoms. The van der Waals surface area contributed by atoms with Crippen molar-refractivity contribution >= 4 is 27.3 Å². The molecule has 0 radical (unpaired) electrons. The van der Waals surface area contributed by atoms with Gasteiger partial charge in [0.2, 0.25) is 0 Å². The van der Waals surface area contributed by atoms with Crippen LogP contribution in [0.4, 0.5) is 0 Å². The van der Waals surface area contributed by atoms with Crippen molar-refractivity contribution in [1.29, 1.82) is 0 Å². The first kappa shape index (κ1) is 17.3. The molecule has 2 heterocycles. The summed E-state index contributed by atoms with van der Waals surface area (Å²) in [4.78, 5) is 3.27. The number of nitrogens with one attached hydrogen (secondary N) is 2. The van der Waals surface area contributed by atoms with Gasteiger partial charge < -0.3 is 10.3 Å². The molecule has 2 unspecified atom stereocenters. The number of benzene rings is 2. The minimum atomic E-state index is -0.842. The van der Waals surface area contributed by atoms with Crippen LogP contribution in [0, 0.1) is 0 Å². The van der Waals surface area contributed by atoms with E-state index in [0.717, 1.165) is 36.2 Å². The van der Waals surface area contributed by atoms with Crippen LogP contribution < -0.4 is 5.32 Å². The van der Waals surface area contributed by atoms with Crippen molar-refractivity contribution in [1.82, 2.24) is 10.3 Å². The standard InChI is InChI=1S/C22H24N2OS/c25-26(16-19-15-24-22-9-5-4-8-21(19)22)13-11-20-14-18(10-12-23-20)17-6-2-1-3-7-17/h1-10,15,20,23-24H,11-14,16H2. The van der Waals surface area contributed by atoms with E-state index in [1.165, 1.54) is 16.5 Å². The van der Waals surface area contributed by atoms with Gasteiger partial charge in [-0.15, -0.1) is 0 Å². The van der Waals surface area contributed by atoms with E-state index in [1.807, 2.05) is 18.3 Å². The quantitative estimate of drug-likeness (QED) is 0.687. The largest absolute Gasteiger partial charge is 0.361 e. The van der Waals surface area contributed by atoms with Gasteiger partial charge in [0, 0.05) is 46.2 Å². The van der Waals surface area contributed by atoms with Crippen LogP contribution in [0.25, 0.3) is 16.5 Å². The smallest absolute Gasteiger partial charge is 0.0506 e. The Morgan fingerprint density at radius 3 is 2.73 bits per heavy atom. The van der Waals surface area contributed by atoms with Gasteiger partial charge >= 0.3 is 0 Å². The fraction of sp³-hybridized carbons (Fsp3) is 0.273. The average molecular weight is 365 g/mol. The van der Waals surface area contributed by atoms with E-state index in [4.69, 9.17) is 0 Å². The number of rotatable bonds is 6. The molecule has 3 aromatic rings. The van der Waals surface area contributed by atoms with Gasteiger partial charge in [-0.3, -0.25) is 4.21 Å². The van der Waals surface area contributed by atoms with Gasteiger partial charge in [0.15, 0.2) is 0 Å². The highest BCUT2D eigenvalue weighted by Gasteiger charge is 2.17. The summed E-state index contributed by atoms with van der Waals surface area (Å²) in [5.74, 6) is 1.36. The zero-order chi connectivity index (χ0) is 17.8. The number of fused-ring (bicyclic) bond motifs is 1. The lowest BCUT2D eigenvalue weighted by Gasteiger charge is -2.24. The molecule has 0 saturated carbocycles. The summed E-state index contributed by atoms with van der Waals surface area (Å²) in [6, 6.07) is 19.2. The van der Waals surface area contributed by atoms with E-state index in [9.17, 15) is 4.21 Å². The van der Waals surface area contributed by atoms with E-state index in [-0.39, 0.29) is 0 Å². The number of hydrogen-bond acceptors (Lipinski definition) is 2. The molecule has 0 amide bonds. The zero-order valence-electron chi connectivity index (χ0n) is 14.8. The molecule has 0 fully saturated rings. The Hall–Kier alpha value is -2.17. The molecule has 134 valence electrons. The number of hydrogen-bond donors (Lipinski definition) is 2. The van der Waals surface area contributed by atoms with Crippen molar-refractivity contribution in [3.63, 3.8) is 0 Å². The first-order valence-electron chi connectivity index (χ1n) is 9.17. The molecule has 1 aliphatic rings. The van der Waals surface area contributed by atoms with Gasteiger partial charge in [-0.05, 0) is 35.6 Å². The fourth-order valence-electron chi connectivity index (χ4n) is 3.63. The second-order valence-electron chi connectivity index (χ2n) is 6.84. The number of H-pyrrole nitrogens is 1. The predicted octanol–water partition coefficient (Wildman–Crippen LogP) is 4.25. The molecule has 3 nitrogen and oxygen atoms in total. The third kappa shape index (κ3) is 3.97. The topological polar surface area (TPSA) is 44.9 Å². The molecule has 2 N–H and O–H groups in total. The van der Waals surface area contributed by atoms with Crippen LogP contribution in [-0.4, -0.2) is 27.5 Å². The summed E-state index contributed by atoms with van der Waals surface area (Å²) in [5.41, 5.74) is 4.97. The third-order valence-corrected chi connectivity index (χ3v) is 6.38. The molecule has 1 aromatic heterocycles. The summed E-state index contributed by atoms with van der Waals surface area (Å²) in [7, 11) is -0.842. The molecule has 1 aliphatic heterocycles. The molecule has 0 spiro atoms. The van der Waals surface area contributed by atoms with Crippen LogP contribution >= 0.6 is 0 Å². The molecule has 26 heavy (non-hydrogen) atoms. The molecular formula is C22H24N2OS. The molecule has 4 rings (SSSR count). The minimum Gasteiger partial charge on any atom is -0.361 e. The van der Waals surface area contributed by atoms with Crippen molar-refractivity contribution in [2.75, 3.05) is 12.3 Å². The maximum absolute atomic E-state index is 12.6. The van der Waals surface area contributed by atoms with E-state index >= 15 is 0 Å². The predicted molar refractivity (Wildman–Crippen MR) is 110 cm³/mol. The van der Waals surface area contributed by atoms with Gasteiger partial charge in [0.1, 0.15) is 0 Å².